The number of aromatic amines is 1. The SMILES string of the molecule is Cc1cc(Nc2nc(Nc3cc(C)c(C4CCN(CC(N)=O)CC4)cc3C)ncc2C(C)(F)F)n[nH]1. The smallest absolute Gasteiger partial charge is 0.275 e. The number of halogens is 2. The molecule has 0 spiro atoms. The van der Waals surface area contributed by atoms with Crippen molar-refractivity contribution in [1.82, 2.24) is 25.1 Å². The van der Waals surface area contributed by atoms with Gasteiger partial charge in [-0.05, 0) is 75.4 Å². The van der Waals surface area contributed by atoms with Gasteiger partial charge < -0.3 is 16.4 Å². The van der Waals surface area contributed by atoms with Gasteiger partial charge in [0.05, 0.1) is 12.1 Å². The van der Waals surface area contributed by atoms with E-state index >= 15 is 0 Å². The van der Waals surface area contributed by atoms with Crippen molar-refractivity contribution >= 4 is 29.2 Å². The Morgan fingerprint density at radius 2 is 1.89 bits per heavy atom. The summed E-state index contributed by atoms with van der Waals surface area (Å²) >= 11 is 0. The van der Waals surface area contributed by atoms with Crippen LogP contribution in [0, 0.1) is 20.8 Å². The van der Waals surface area contributed by atoms with E-state index in [1.54, 1.807) is 6.07 Å². The number of alkyl halides is 2. The quantitative estimate of drug-likeness (QED) is 0.363. The Hall–Kier alpha value is -3.60. The number of aromatic nitrogens is 4. The molecule has 1 aromatic carbocycles. The number of hydrogen-bond donors (Lipinski definition) is 4. The molecule has 0 aliphatic carbocycles. The highest BCUT2D eigenvalue weighted by molar-refractivity contribution is 5.76. The van der Waals surface area contributed by atoms with Gasteiger partial charge in [-0.15, -0.1) is 0 Å². The number of hydrogen-bond acceptors (Lipinski definition) is 7. The molecule has 3 heterocycles. The number of benzene rings is 1. The van der Waals surface area contributed by atoms with Crippen molar-refractivity contribution in [3.8, 4) is 0 Å². The summed E-state index contributed by atoms with van der Waals surface area (Å²) < 4.78 is 28.4. The monoisotopic (exact) mass is 498 g/mol. The molecule has 5 N–H and O–H groups in total. The number of amides is 1. The standard InChI is InChI=1S/C25H32F2N8O/c1-14-10-20(15(2)9-18(14)17-5-7-35(8-6-17)13-21(28)36)30-24-29-12-19(25(4,26)27)23(32-24)31-22-11-16(3)33-34-22/h9-12,17H,5-8,13H2,1-4H3,(H2,28,36)(H3,29,30,31,32,33,34). The third-order valence-corrected chi connectivity index (χ3v) is 6.48. The number of likely N-dealkylation sites (tertiary alicyclic amines) is 1. The highest BCUT2D eigenvalue weighted by Gasteiger charge is 2.30. The van der Waals surface area contributed by atoms with Crippen LogP contribution >= 0.6 is 0 Å². The number of piperidine rings is 1. The number of carbonyl (C=O) groups is 1. The van der Waals surface area contributed by atoms with Crippen molar-refractivity contribution in [3.63, 3.8) is 0 Å². The summed E-state index contributed by atoms with van der Waals surface area (Å²) in [6.45, 7) is 8.65. The number of nitrogens with two attached hydrogens (primary N) is 1. The second-order valence-electron chi connectivity index (χ2n) is 9.57. The van der Waals surface area contributed by atoms with Crippen molar-refractivity contribution in [1.29, 1.82) is 0 Å². The average Bonchev–Trinajstić information content (AvgIpc) is 3.20. The van der Waals surface area contributed by atoms with Crippen LogP contribution in [0.1, 0.15) is 53.6 Å². The molecule has 0 saturated carbocycles. The highest BCUT2D eigenvalue weighted by Crippen LogP contribution is 2.36. The molecule has 2 aromatic heterocycles. The van der Waals surface area contributed by atoms with Gasteiger partial charge in [-0.3, -0.25) is 14.8 Å². The molecule has 0 radical (unpaired) electrons. The van der Waals surface area contributed by atoms with Gasteiger partial charge in [-0.25, -0.2) is 13.8 Å². The maximum absolute atomic E-state index is 14.2. The van der Waals surface area contributed by atoms with Gasteiger partial charge in [-0.1, -0.05) is 6.07 Å². The molecule has 4 rings (SSSR count). The van der Waals surface area contributed by atoms with Gasteiger partial charge >= 0.3 is 0 Å². The number of primary amides is 1. The van der Waals surface area contributed by atoms with E-state index in [-0.39, 0.29) is 23.2 Å². The molecule has 1 aliphatic rings. The Labute approximate surface area is 208 Å². The van der Waals surface area contributed by atoms with Crippen LogP contribution in [-0.2, 0) is 10.7 Å². The van der Waals surface area contributed by atoms with E-state index in [4.69, 9.17) is 5.73 Å². The molecule has 36 heavy (non-hydrogen) atoms. The van der Waals surface area contributed by atoms with E-state index in [0.717, 1.165) is 61.6 Å². The molecular formula is C25H32F2N8O. The topological polar surface area (TPSA) is 125 Å². The van der Waals surface area contributed by atoms with Crippen LogP contribution in [-0.4, -0.2) is 50.6 Å². The molecule has 1 saturated heterocycles. The number of nitrogens with zero attached hydrogens (tertiary/aromatic N) is 4. The van der Waals surface area contributed by atoms with E-state index in [1.807, 2.05) is 19.9 Å². The molecule has 192 valence electrons. The minimum Gasteiger partial charge on any atom is -0.369 e. The van der Waals surface area contributed by atoms with Crippen LogP contribution in [0.5, 0.6) is 0 Å². The third-order valence-electron chi connectivity index (χ3n) is 6.48. The fourth-order valence-electron chi connectivity index (χ4n) is 4.62. The first-order valence-corrected chi connectivity index (χ1v) is 11.9. The van der Waals surface area contributed by atoms with Crippen LogP contribution in [0.3, 0.4) is 0 Å². The number of H-pyrrole nitrogens is 1. The number of rotatable bonds is 8. The first kappa shape index (κ1) is 25.5. The summed E-state index contributed by atoms with van der Waals surface area (Å²) in [7, 11) is 0. The Bertz CT molecular complexity index is 1250. The first-order valence-electron chi connectivity index (χ1n) is 11.9. The summed E-state index contributed by atoms with van der Waals surface area (Å²) in [4.78, 5) is 21.8. The van der Waals surface area contributed by atoms with Crippen LogP contribution in [0.15, 0.2) is 24.4 Å². The van der Waals surface area contributed by atoms with Crippen LogP contribution in [0.2, 0.25) is 0 Å². The lowest BCUT2D eigenvalue weighted by atomic mass is 9.85. The van der Waals surface area contributed by atoms with Gasteiger partial charge in [-0.2, -0.15) is 10.1 Å². The number of nitrogens with one attached hydrogen (secondary N) is 3. The van der Waals surface area contributed by atoms with Crippen molar-refractivity contribution < 1.29 is 13.6 Å². The summed E-state index contributed by atoms with van der Waals surface area (Å²) in [5, 5.41) is 12.9. The molecule has 3 aromatic rings. The molecular weight excluding hydrogens is 466 g/mol. The molecule has 11 heteroatoms. The predicted octanol–water partition coefficient (Wildman–Crippen LogP) is 4.39. The Morgan fingerprint density at radius 1 is 1.17 bits per heavy atom. The zero-order valence-corrected chi connectivity index (χ0v) is 21.0. The number of anilines is 4. The van der Waals surface area contributed by atoms with Gasteiger partial charge in [0.1, 0.15) is 5.82 Å². The Kier molecular flexibility index (Phi) is 7.21. The van der Waals surface area contributed by atoms with Crippen LogP contribution < -0.4 is 16.4 Å². The fourth-order valence-corrected chi connectivity index (χ4v) is 4.62. The van der Waals surface area contributed by atoms with Crippen molar-refractivity contribution in [2.24, 2.45) is 5.73 Å². The molecule has 0 unspecified atom stereocenters. The van der Waals surface area contributed by atoms with Gasteiger partial charge in [0.2, 0.25) is 11.9 Å². The van der Waals surface area contributed by atoms with Crippen molar-refractivity contribution in [3.05, 3.63) is 52.3 Å². The summed E-state index contributed by atoms with van der Waals surface area (Å²) in [6.07, 6.45) is 3.04. The van der Waals surface area contributed by atoms with Crippen molar-refractivity contribution in [2.75, 3.05) is 30.3 Å². The van der Waals surface area contributed by atoms with E-state index in [2.05, 4.69) is 48.7 Å². The van der Waals surface area contributed by atoms with Gasteiger partial charge in [0, 0.05) is 30.6 Å². The number of carbonyl (C=O) groups excluding carboxylic acids is 1. The molecule has 1 amide bonds. The zero-order chi connectivity index (χ0) is 26.0. The second-order valence-corrected chi connectivity index (χ2v) is 9.57. The third kappa shape index (κ3) is 5.96. The fraction of sp³-hybridized carbons (Fsp3) is 0.440. The minimum atomic E-state index is -3.13. The zero-order valence-electron chi connectivity index (χ0n) is 21.0. The average molecular weight is 499 g/mol. The van der Waals surface area contributed by atoms with E-state index < -0.39 is 5.92 Å². The van der Waals surface area contributed by atoms with E-state index in [9.17, 15) is 13.6 Å². The van der Waals surface area contributed by atoms with Gasteiger partial charge in [0.15, 0.2) is 5.82 Å². The van der Waals surface area contributed by atoms with Crippen LogP contribution in [0.25, 0.3) is 0 Å². The van der Waals surface area contributed by atoms with E-state index in [1.165, 1.54) is 5.56 Å². The summed E-state index contributed by atoms with van der Waals surface area (Å²) in [5.74, 6) is -2.45. The van der Waals surface area contributed by atoms with Crippen molar-refractivity contribution in [2.45, 2.75) is 52.4 Å². The maximum Gasteiger partial charge on any atom is 0.275 e. The minimum absolute atomic E-state index is 0.0137. The lowest BCUT2D eigenvalue weighted by molar-refractivity contribution is -0.119. The largest absolute Gasteiger partial charge is 0.369 e. The second kappa shape index (κ2) is 10.2. The molecule has 1 fully saturated rings. The molecule has 9 nitrogen and oxygen atoms in total. The molecule has 0 atom stereocenters. The lowest BCUT2D eigenvalue weighted by Crippen LogP contribution is -2.39. The van der Waals surface area contributed by atoms with Gasteiger partial charge in [0.25, 0.3) is 5.92 Å². The Balaban J connectivity index is 1.54. The predicted molar refractivity (Wildman–Crippen MR) is 135 cm³/mol. The highest BCUT2D eigenvalue weighted by atomic mass is 19.3. The molecule has 0 bridgehead atoms. The van der Waals surface area contributed by atoms with Crippen LogP contribution in [0.4, 0.5) is 32.1 Å². The first-order chi connectivity index (χ1) is 17.0. The lowest BCUT2D eigenvalue weighted by Gasteiger charge is -2.32. The number of aryl methyl sites for hydroxylation is 3. The summed E-state index contributed by atoms with van der Waals surface area (Å²) in [6, 6.07) is 5.90. The Morgan fingerprint density at radius 3 is 2.50 bits per heavy atom. The maximum atomic E-state index is 14.2. The molecule has 1 aliphatic heterocycles. The van der Waals surface area contributed by atoms with E-state index in [0.29, 0.717) is 18.3 Å². The summed E-state index contributed by atoms with van der Waals surface area (Å²) in [5.41, 5.74) is 10.0. The normalized spacial score (nSPS) is 15.2.